The van der Waals surface area contributed by atoms with Crippen LogP contribution >= 0.6 is 0 Å². The number of carbonyl (C=O) groups excluding carboxylic acids is 6. The first kappa shape index (κ1) is 50.6. The van der Waals surface area contributed by atoms with E-state index in [2.05, 4.69) is 66.3 Å². The maximum Gasteiger partial charge on any atom is 0.262 e. The molecule has 2 aliphatic heterocycles. The first-order valence-electron chi connectivity index (χ1n) is 23.3. The fourth-order valence-electron chi connectivity index (χ4n) is 8.81. The average molecular weight is 906 g/mol. The van der Waals surface area contributed by atoms with E-state index in [1.54, 1.807) is 19.9 Å². The number of amides is 5. The van der Waals surface area contributed by atoms with Crippen molar-refractivity contribution in [3.05, 3.63) is 108 Å². The number of hydrogen-bond donors (Lipinski definition) is 4. The molecule has 0 saturated carbocycles. The summed E-state index contributed by atoms with van der Waals surface area (Å²) in [6.45, 7) is 17.9. The van der Waals surface area contributed by atoms with E-state index in [4.69, 9.17) is 4.43 Å². The molecule has 3 aromatic carbocycles. The van der Waals surface area contributed by atoms with Crippen LogP contribution in [0.1, 0.15) is 118 Å². The molecule has 2 fully saturated rings. The maximum atomic E-state index is 14.3. The molecule has 0 spiro atoms. The standard InChI is InChI=1S/C52H71N5O7Si/c1-10-52(9)49(63)54-42(35-38-30-28-37(29-31-38)32-33-45(59)55-50(3,4)5)48(62)57-34-20-26-43(57)47(61)53-41(46(60)56-52)25-18-13-19-27-44(58)36(2)64-65(51(6,7)8,39-21-14-11-15-22-39)40-23-16-12-17-24-40/h11-17,19,21-24,28-31,36,41-43H,10,18,20,25-27,32-35H2,1-9H3,(H,53,61)(H,54,63)(H,55,59)(H,56,60)/t36-,41-,42-,43+,52-/m0/s1. The van der Waals surface area contributed by atoms with Crippen LogP contribution in [0.15, 0.2) is 97.1 Å². The van der Waals surface area contributed by atoms with Gasteiger partial charge in [0.1, 0.15) is 29.8 Å². The van der Waals surface area contributed by atoms with E-state index in [1.807, 2.05) is 94.4 Å². The second-order valence-electron chi connectivity index (χ2n) is 19.9. The van der Waals surface area contributed by atoms with E-state index < -0.39 is 55.8 Å². The summed E-state index contributed by atoms with van der Waals surface area (Å²) in [5.74, 6) is -1.89. The summed E-state index contributed by atoms with van der Waals surface area (Å²) in [4.78, 5) is 84.0. The average Bonchev–Trinajstić information content (AvgIpc) is 3.76. The second-order valence-corrected chi connectivity index (χ2v) is 24.2. The fourth-order valence-corrected chi connectivity index (χ4v) is 13.5. The highest BCUT2D eigenvalue weighted by atomic mass is 28.4. The smallest absolute Gasteiger partial charge is 0.262 e. The normalized spacial score (nSPS) is 21.7. The lowest BCUT2D eigenvalue weighted by Crippen LogP contribution is -2.68. The number of nitrogens with one attached hydrogen (secondary N) is 4. The van der Waals surface area contributed by atoms with Gasteiger partial charge in [-0.3, -0.25) is 28.8 Å². The molecule has 5 amide bonds. The molecule has 2 aliphatic rings. The van der Waals surface area contributed by atoms with E-state index in [0.29, 0.717) is 38.6 Å². The van der Waals surface area contributed by atoms with E-state index in [1.165, 1.54) is 4.90 Å². The van der Waals surface area contributed by atoms with E-state index in [9.17, 15) is 28.8 Å². The summed E-state index contributed by atoms with van der Waals surface area (Å²) in [5.41, 5.74) is 0.0707. The zero-order chi connectivity index (χ0) is 47.6. The first-order valence-corrected chi connectivity index (χ1v) is 25.2. The van der Waals surface area contributed by atoms with Crippen molar-refractivity contribution in [3.8, 4) is 0 Å². The topological polar surface area (TPSA) is 163 Å². The Bertz CT molecular complexity index is 2130. The van der Waals surface area contributed by atoms with Crippen molar-refractivity contribution in [2.24, 2.45) is 0 Å². The first-order chi connectivity index (χ1) is 30.7. The number of hydrogen-bond acceptors (Lipinski definition) is 7. The Morgan fingerprint density at radius 1 is 0.846 bits per heavy atom. The Balaban J connectivity index is 1.26. The van der Waals surface area contributed by atoms with Crippen LogP contribution in [0.5, 0.6) is 0 Å². The third-order valence-electron chi connectivity index (χ3n) is 12.6. The molecule has 3 aromatic rings. The van der Waals surface area contributed by atoms with Gasteiger partial charge in [0.25, 0.3) is 8.32 Å². The lowest BCUT2D eigenvalue weighted by molar-refractivity contribution is -0.144. The van der Waals surface area contributed by atoms with Crippen LogP contribution in [0.25, 0.3) is 0 Å². The van der Waals surface area contributed by atoms with Crippen LogP contribution in [-0.4, -0.2) is 90.4 Å². The molecule has 0 bridgehead atoms. The van der Waals surface area contributed by atoms with Gasteiger partial charge < -0.3 is 30.6 Å². The summed E-state index contributed by atoms with van der Waals surface area (Å²) < 4.78 is 7.01. The van der Waals surface area contributed by atoms with Crippen LogP contribution in [-0.2, 0) is 46.0 Å². The molecule has 12 nitrogen and oxygen atoms in total. The Hall–Kier alpha value is -5.40. The molecular formula is C52H71N5O7Si. The molecule has 2 heterocycles. The molecule has 5 atom stereocenters. The number of nitrogens with zero attached hydrogens (tertiary/aromatic N) is 1. The number of fused-ring (bicyclic) bond motifs is 1. The number of aryl methyl sites for hydroxylation is 1. The van der Waals surface area contributed by atoms with Crippen LogP contribution in [0.3, 0.4) is 0 Å². The van der Waals surface area contributed by atoms with Crippen LogP contribution in [0.4, 0.5) is 0 Å². The van der Waals surface area contributed by atoms with E-state index in [0.717, 1.165) is 21.5 Å². The summed E-state index contributed by atoms with van der Waals surface area (Å²) in [6, 6.07) is 25.2. The molecular weight excluding hydrogens is 835 g/mol. The van der Waals surface area contributed by atoms with Crippen LogP contribution in [0.2, 0.25) is 5.04 Å². The number of benzene rings is 3. The minimum Gasteiger partial charge on any atom is -0.398 e. The predicted octanol–water partition coefficient (Wildman–Crippen LogP) is 5.60. The van der Waals surface area contributed by atoms with Gasteiger partial charge in [-0.15, -0.1) is 0 Å². The Labute approximate surface area is 387 Å². The fraction of sp³-hybridized carbons (Fsp3) is 0.500. The molecule has 5 rings (SSSR count). The largest absolute Gasteiger partial charge is 0.398 e. The van der Waals surface area contributed by atoms with Gasteiger partial charge in [0.15, 0.2) is 5.78 Å². The van der Waals surface area contributed by atoms with Crippen molar-refractivity contribution in [2.45, 2.75) is 160 Å². The molecule has 350 valence electrons. The van der Waals surface area contributed by atoms with E-state index >= 15 is 0 Å². The number of allylic oxidation sites excluding steroid dienone is 2. The third kappa shape index (κ3) is 12.9. The predicted molar refractivity (Wildman–Crippen MR) is 258 cm³/mol. The van der Waals surface area contributed by atoms with Crippen LogP contribution in [0, 0.1) is 0 Å². The maximum absolute atomic E-state index is 14.3. The molecule has 2 saturated heterocycles. The molecule has 0 unspecified atom stereocenters. The van der Waals surface area contributed by atoms with Gasteiger partial charge >= 0.3 is 0 Å². The van der Waals surface area contributed by atoms with Gasteiger partial charge in [0.2, 0.25) is 29.5 Å². The Morgan fingerprint density at radius 3 is 2.02 bits per heavy atom. The molecule has 0 aliphatic carbocycles. The molecule has 4 N–H and O–H groups in total. The van der Waals surface area contributed by atoms with Gasteiger partial charge in [0.05, 0.1) is 0 Å². The van der Waals surface area contributed by atoms with E-state index in [-0.39, 0.29) is 53.9 Å². The zero-order valence-electron chi connectivity index (χ0n) is 39.9. The quantitative estimate of drug-likeness (QED) is 0.108. The van der Waals surface area contributed by atoms with Gasteiger partial charge in [-0.2, -0.15) is 0 Å². The highest BCUT2D eigenvalue weighted by Gasteiger charge is 2.51. The minimum absolute atomic E-state index is 0.0332. The number of ketones is 1. The Kier molecular flexibility index (Phi) is 16.9. The van der Waals surface area contributed by atoms with Gasteiger partial charge in [-0.1, -0.05) is 125 Å². The van der Waals surface area contributed by atoms with Crippen LogP contribution < -0.4 is 31.6 Å². The highest BCUT2D eigenvalue weighted by molar-refractivity contribution is 6.99. The number of rotatable bonds is 16. The van der Waals surface area contributed by atoms with Crippen molar-refractivity contribution in [3.63, 3.8) is 0 Å². The number of carbonyl (C=O) groups is 6. The minimum atomic E-state index is -2.95. The summed E-state index contributed by atoms with van der Waals surface area (Å²) >= 11 is 0. The van der Waals surface area contributed by atoms with Crippen molar-refractivity contribution in [1.29, 1.82) is 0 Å². The lowest BCUT2D eigenvalue weighted by atomic mass is 9.94. The summed E-state index contributed by atoms with van der Waals surface area (Å²) in [7, 11) is -2.95. The number of Topliss-reactive ketones (excluding diaryl/α,β-unsaturated/α-hetero) is 1. The van der Waals surface area contributed by atoms with Gasteiger partial charge in [0, 0.05) is 31.3 Å². The molecule has 0 radical (unpaired) electrons. The van der Waals surface area contributed by atoms with Gasteiger partial charge in [-0.25, -0.2) is 0 Å². The Morgan fingerprint density at radius 2 is 1.45 bits per heavy atom. The van der Waals surface area contributed by atoms with Crippen molar-refractivity contribution in [2.75, 3.05) is 6.54 Å². The zero-order valence-corrected chi connectivity index (χ0v) is 40.9. The summed E-state index contributed by atoms with van der Waals surface area (Å²) in [6.07, 6.45) is 5.93. The lowest BCUT2D eigenvalue weighted by Gasteiger charge is -2.44. The highest BCUT2D eigenvalue weighted by Crippen LogP contribution is 2.37. The molecule has 0 aromatic heterocycles. The third-order valence-corrected chi connectivity index (χ3v) is 17.7. The SMILES string of the molecule is CC[C@]1(C)NC(=O)[C@H](CCC=CCC(=O)[C@H](C)O[Si](c2ccccc2)(c2ccccc2)C(C)(C)C)NC(=O)[C@H]2CCCN2C(=O)[C@H](Cc2ccc(CCC(=O)NC(C)(C)C)cc2)NC1=O. The molecule has 13 heteroatoms. The van der Waals surface area contributed by atoms with Crippen molar-refractivity contribution >= 4 is 54.0 Å². The van der Waals surface area contributed by atoms with Crippen molar-refractivity contribution < 1.29 is 33.2 Å². The monoisotopic (exact) mass is 906 g/mol. The van der Waals surface area contributed by atoms with Gasteiger partial charge in [-0.05, 0) is 99.7 Å². The molecule has 65 heavy (non-hydrogen) atoms. The van der Waals surface area contributed by atoms with Crippen molar-refractivity contribution in [1.82, 2.24) is 26.2 Å². The summed E-state index contributed by atoms with van der Waals surface area (Å²) in [5, 5.41) is 13.6. The second kappa shape index (κ2) is 21.7.